The van der Waals surface area contributed by atoms with Gasteiger partial charge >= 0.3 is 0 Å². The number of hydrogen-bond acceptors (Lipinski definition) is 3. The van der Waals surface area contributed by atoms with Crippen molar-refractivity contribution in [2.75, 3.05) is 46.8 Å². The number of benzene rings is 1. The van der Waals surface area contributed by atoms with Crippen molar-refractivity contribution in [2.24, 2.45) is 0 Å². The van der Waals surface area contributed by atoms with Crippen molar-refractivity contribution in [3.8, 4) is 0 Å². The Bertz CT molecular complexity index is 445. The smallest absolute Gasteiger partial charge is 0.0167 e. The van der Waals surface area contributed by atoms with Crippen LogP contribution in [-0.2, 0) is 0 Å². The average molecular weight is 301 g/mol. The van der Waals surface area contributed by atoms with Crippen molar-refractivity contribution in [1.82, 2.24) is 15.1 Å². The normalized spacial score (nSPS) is 18.1. The summed E-state index contributed by atoms with van der Waals surface area (Å²) in [5.41, 5.74) is 2.70. The summed E-state index contributed by atoms with van der Waals surface area (Å²) >= 11 is 0. The van der Waals surface area contributed by atoms with Gasteiger partial charge in [-0.1, -0.05) is 42.0 Å². The zero-order chi connectivity index (χ0) is 15.8. The molecule has 0 spiro atoms. The monoisotopic (exact) mass is 301 g/mol. The Balaban J connectivity index is 1.67. The lowest BCUT2D eigenvalue weighted by molar-refractivity contribution is 0.184. The summed E-state index contributed by atoms with van der Waals surface area (Å²) in [4.78, 5) is 4.85. The summed E-state index contributed by atoms with van der Waals surface area (Å²) in [6, 6.07) is 11.2. The molecule has 0 amide bonds. The molecule has 1 aromatic rings. The second-order valence-corrected chi connectivity index (χ2v) is 6.70. The van der Waals surface area contributed by atoms with Crippen LogP contribution in [-0.4, -0.2) is 62.7 Å². The van der Waals surface area contributed by atoms with E-state index >= 15 is 0 Å². The van der Waals surface area contributed by atoms with Gasteiger partial charge in [0.05, 0.1) is 0 Å². The van der Waals surface area contributed by atoms with Gasteiger partial charge in [-0.15, -0.1) is 0 Å². The average Bonchev–Trinajstić information content (AvgIpc) is 2.53. The van der Waals surface area contributed by atoms with Gasteiger partial charge in [-0.2, -0.15) is 0 Å². The van der Waals surface area contributed by atoms with Crippen molar-refractivity contribution >= 4 is 6.08 Å². The van der Waals surface area contributed by atoms with Crippen LogP contribution in [0.5, 0.6) is 0 Å². The van der Waals surface area contributed by atoms with Crippen LogP contribution in [0.3, 0.4) is 0 Å². The number of likely N-dealkylation sites (tertiary alicyclic amines) is 1. The number of hydrogen-bond donors (Lipinski definition) is 1. The highest BCUT2D eigenvalue weighted by molar-refractivity contribution is 5.52. The number of nitrogens with one attached hydrogen (secondary N) is 1. The van der Waals surface area contributed by atoms with Gasteiger partial charge in [-0.05, 0) is 52.5 Å². The Hall–Kier alpha value is -1.16. The lowest BCUT2D eigenvalue weighted by Crippen LogP contribution is -2.44. The summed E-state index contributed by atoms with van der Waals surface area (Å²) in [5.74, 6) is 0. The molecule has 0 aromatic heterocycles. The molecule has 0 atom stereocenters. The molecule has 0 saturated carbocycles. The molecule has 1 aliphatic rings. The fourth-order valence-corrected chi connectivity index (χ4v) is 2.89. The topological polar surface area (TPSA) is 18.5 Å². The van der Waals surface area contributed by atoms with Crippen LogP contribution < -0.4 is 5.32 Å². The molecule has 1 saturated heterocycles. The first-order valence-electron chi connectivity index (χ1n) is 8.46. The lowest BCUT2D eigenvalue weighted by Gasteiger charge is -2.33. The SMILES string of the molecule is C/C(=C\c1ccccc1)CNC1CCN(CCN(C)C)CC1. The Morgan fingerprint density at radius 2 is 1.91 bits per heavy atom. The van der Waals surface area contributed by atoms with E-state index in [0.29, 0.717) is 6.04 Å². The summed E-state index contributed by atoms with van der Waals surface area (Å²) < 4.78 is 0. The maximum Gasteiger partial charge on any atom is 0.0167 e. The molecule has 1 fully saturated rings. The molecule has 0 bridgehead atoms. The van der Waals surface area contributed by atoms with Gasteiger partial charge in [-0.3, -0.25) is 0 Å². The van der Waals surface area contributed by atoms with Gasteiger partial charge in [0.1, 0.15) is 0 Å². The third-order valence-electron chi connectivity index (χ3n) is 4.33. The van der Waals surface area contributed by atoms with Crippen LogP contribution in [0, 0.1) is 0 Å². The predicted octanol–water partition coefficient (Wildman–Crippen LogP) is 2.71. The first kappa shape index (κ1) is 17.2. The first-order chi connectivity index (χ1) is 10.6. The molecule has 3 nitrogen and oxygen atoms in total. The second kappa shape index (κ2) is 9.09. The van der Waals surface area contributed by atoms with Gasteiger partial charge in [0, 0.05) is 25.7 Å². The predicted molar refractivity (Wildman–Crippen MR) is 96.1 cm³/mol. The molecule has 1 aromatic carbocycles. The van der Waals surface area contributed by atoms with Gasteiger partial charge in [0.2, 0.25) is 0 Å². The van der Waals surface area contributed by atoms with Crippen LogP contribution in [0.2, 0.25) is 0 Å². The van der Waals surface area contributed by atoms with E-state index in [1.807, 2.05) is 0 Å². The Morgan fingerprint density at radius 1 is 1.23 bits per heavy atom. The largest absolute Gasteiger partial charge is 0.310 e. The van der Waals surface area contributed by atoms with E-state index in [1.165, 1.54) is 43.6 Å². The van der Waals surface area contributed by atoms with Crippen LogP contribution in [0.15, 0.2) is 35.9 Å². The zero-order valence-corrected chi connectivity index (χ0v) is 14.4. The van der Waals surface area contributed by atoms with Crippen LogP contribution >= 0.6 is 0 Å². The fraction of sp³-hybridized carbons (Fsp3) is 0.579. The minimum atomic E-state index is 0.676. The maximum absolute atomic E-state index is 3.72. The van der Waals surface area contributed by atoms with Gasteiger partial charge in [0.25, 0.3) is 0 Å². The van der Waals surface area contributed by atoms with Crippen molar-refractivity contribution in [3.63, 3.8) is 0 Å². The van der Waals surface area contributed by atoms with Gasteiger partial charge in [0.15, 0.2) is 0 Å². The van der Waals surface area contributed by atoms with Crippen molar-refractivity contribution in [3.05, 3.63) is 41.5 Å². The highest BCUT2D eigenvalue weighted by atomic mass is 15.2. The molecule has 1 heterocycles. The lowest BCUT2D eigenvalue weighted by atomic mass is 10.0. The zero-order valence-electron chi connectivity index (χ0n) is 14.4. The third-order valence-corrected chi connectivity index (χ3v) is 4.33. The standard InChI is InChI=1S/C19H31N3/c1-17(15-18-7-5-4-6-8-18)16-20-19-9-11-22(12-10-19)14-13-21(2)3/h4-8,15,19-20H,9-14,16H2,1-3H3/b17-15+. The molecular weight excluding hydrogens is 270 g/mol. The molecule has 1 N–H and O–H groups in total. The van der Waals surface area contributed by atoms with Crippen LogP contribution in [0.4, 0.5) is 0 Å². The van der Waals surface area contributed by atoms with E-state index in [9.17, 15) is 0 Å². The van der Waals surface area contributed by atoms with Crippen molar-refractivity contribution < 1.29 is 0 Å². The molecule has 0 radical (unpaired) electrons. The van der Waals surface area contributed by atoms with Crippen LogP contribution in [0.1, 0.15) is 25.3 Å². The van der Waals surface area contributed by atoms with E-state index in [4.69, 9.17) is 0 Å². The highest BCUT2D eigenvalue weighted by Gasteiger charge is 2.18. The molecule has 0 unspecified atom stereocenters. The molecule has 122 valence electrons. The van der Waals surface area contributed by atoms with Crippen molar-refractivity contribution in [2.45, 2.75) is 25.8 Å². The number of nitrogens with zero attached hydrogens (tertiary/aromatic N) is 2. The Morgan fingerprint density at radius 3 is 2.55 bits per heavy atom. The van der Waals surface area contributed by atoms with E-state index in [0.717, 1.165) is 13.1 Å². The summed E-state index contributed by atoms with van der Waals surface area (Å²) in [5, 5.41) is 3.72. The minimum Gasteiger partial charge on any atom is -0.310 e. The van der Waals surface area contributed by atoms with E-state index in [2.05, 4.69) is 72.5 Å². The molecule has 2 rings (SSSR count). The number of piperidine rings is 1. The highest BCUT2D eigenvalue weighted by Crippen LogP contribution is 2.11. The summed E-state index contributed by atoms with van der Waals surface area (Å²) in [6.45, 7) is 8.03. The molecule has 1 aliphatic heterocycles. The summed E-state index contributed by atoms with van der Waals surface area (Å²) in [6.07, 6.45) is 4.82. The van der Waals surface area contributed by atoms with Gasteiger partial charge in [-0.25, -0.2) is 0 Å². The van der Waals surface area contributed by atoms with Crippen LogP contribution in [0.25, 0.3) is 6.08 Å². The summed E-state index contributed by atoms with van der Waals surface area (Å²) in [7, 11) is 4.30. The number of likely N-dealkylation sites (N-methyl/N-ethyl adjacent to an activating group) is 1. The van der Waals surface area contributed by atoms with E-state index in [-0.39, 0.29) is 0 Å². The molecule has 3 heteroatoms. The van der Waals surface area contributed by atoms with E-state index in [1.54, 1.807) is 0 Å². The first-order valence-corrected chi connectivity index (χ1v) is 8.46. The second-order valence-electron chi connectivity index (χ2n) is 6.70. The quantitative estimate of drug-likeness (QED) is 0.835. The molecular formula is C19H31N3. The van der Waals surface area contributed by atoms with Gasteiger partial charge < -0.3 is 15.1 Å². The molecule has 0 aliphatic carbocycles. The fourth-order valence-electron chi connectivity index (χ4n) is 2.89. The van der Waals surface area contributed by atoms with E-state index < -0.39 is 0 Å². The van der Waals surface area contributed by atoms with Crippen molar-refractivity contribution in [1.29, 1.82) is 0 Å². The number of rotatable bonds is 7. The third kappa shape index (κ3) is 6.30. The Kier molecular flexibility index (Phi) is 7.10. The Labute approximate surface area is 136 Å². The maximum atomic E-state index is 3.72. The molecule has 22 heavy (non-hydrogen) atoms. The minimum absolute atomic E-state index is 0.676.